The van der Waals surface area contributed by atoms with Crippen LogP contribution >= 0.6 is 0 Å². The Morgan fingerprint density at radius 1 is 1.28 bits per heavy atom. The molecule has 2 N–H and O–H groups in total. The lowest BCUT2D eigenvalue weighted by atomic mass is 9.53. The van der Waals surface area contributed by atoms with Crippen molar-refractivity contribution in [2.24, 2.45) is 5.92 Å². The number of carbonyl (C=O) groups is 1. The summed E-state index contributed by atoms with van der Waals surface area (Å²) in [5.41, 5.74) is -1.78. The molecule has 4 nitrogen and oxygen atoms in total. The summed E-state index contributed by atoms with van der Waals surface area (Å²) < 4.78 is 5.14. The van der Waals surface area contributed by atoms with Crippen LogP contribution in [0.5, 0.6) is 0 Å². The fourth-order valence-electron chi connectivity index (χ4n) is 1.66. The molecule has 18 heavy (non-hydrogen) atoms. The molecule has 0 saturated heterocycles. The first-order chi connectivity index (χ1) is 7.77. The van der Waals surface area contributed by atoms with Gasteiger partial charge in [-0.15, -0.1) is 0 Å². The third kappa shape index (κ3) is 5.80. The Kier molecular flexibility index (Phi) is 5.36. The van der Waals surface area contributed by atoms with E-state index in [-0.39, 0.29) is 5.92 Å². The fraction of sp³-hybridized carbons (Fsp3) is 0.917. The molecule has 4 radical (unpaired) electrons. The van der Waals surface area contributed by atoms with Gasteiger partial charge in [-0.1, -0.05) is 13.8 Å². The molecule has 1 amide bonds. The summed E-state index contributed by atoms with van der Waals surface area (Å²) in [4.78, 5) is 11.7. The van der Waals surface area contributed by atoms with Crippen molar-refractivity contribution in [2.45, 2.75) is 64.5 Å². The smallest absolute Gasteiger partial charge is 0.408 e. The van der Waals surface area contributed by atoms with Crippen LogP contribution in [-0.2, 0) is 4.74 Å². The van der Waals surface area contributed by atoms with Crippen molar-refractivity contribution in [3.05, 3.63) is 0 Å². The van der Waals surface area contributed by atoms with Gasteiger partial charge >= 0.3 is 6.09 Å². The SMILES string of the molecule is [B]C([B])(O)C(C)(CC(C)C)NC(=O)OC(C)(C)C. The molecule has 0 aromatic heterocycles. The van der Waals surface area contributed by atoms with Gasteiger partial charge in [-0.3, -0.25) is 0 Å². The van der Waals surface area contributed by atoms with Gasteiger partial charge in [0.05, 0.1) is 5.54 Å². The molecule has 1 unspecified atom stereocenters. The molecule has 0 heterocycles. The second kappa shape index (κ2) is 5.55. The van der Waals surface area contributed by atoms with E-state index in [1.807, 2.05) is 13.8 Å². The van der Waals surface area contributed by atoms with E-state index in [9.17, 15) is 9.90 Å². The molecule has 0 aromatic rings. The summed E-state index contributed by atoms with van der Waals surface area (Å²) in [6.07, 6.45) is -0.226. The minimum absolute atomic E-state index is 0.198. The first-order valence-corrected chi connectivity index (χ1v) is 6.08. The van der Waals surface area contributed by atoms with Crippen LogP contribution in [0.2, 0.25) is 0 Å². The molecule has 6 heteroatoms. The van der Waals surface area contributed by atoms with Crippen molar-refractivity contribution < 1.29 is 14.6 Å². The largest absolute Gasteiger partial charge is 0.444 e. The van der Waals surface area contributed by atoms with E-state index in [0.29, 0.717) is 6.42 Å². The van der Waals surface area contributed by atoms with Crippen LogP contribution in [0, 0.1) is 5.92 Å². The van der Waals surface area contributed by atoms with Crippen LogP contribution in [0.15, 0.2) is 0 Å². The summed E-state index contributed by atoms with van der Waals surface area (Å²) in [6.45, 7) is 10.7. The first kappa shape index (κ1) is 17.4. The first-order valence-electron chi connectivity index (χ1n) is 6.08. The van der Waals surface area contributed by atoms with Crippen molar-refractivity contribution in [1.29, 1.82) is 0 Å². The Labute approximate surface area is 113 Å². The Bertz CT molecular complexity index is 295. The van der Waals surface area contributed by atoms with Crippen LogP contribution in [-0.4, -0.2) is 43.4 Å². The van der Waals surface area contributed by atoms with Crippen LogP contribution in [0.4, 0.5) is 4.79 Å². The Morgan fingerprint density at radius 2 is 1.72 bits per heavy atom. The number of hydrogen-bond acceptors (Lipinski definition) is 3. The maximum Gasteiger partial charge on any atom is 0.408 e. The zero-order valence-electron chi connectivity index (χ0n) is 12.2. The van der Waals surface area contributed by atoms with Crippen LogP contribution < -0.4 is 5.32 Å². The summed E-state index contributed by atoms with van der Waals surface area (Å²) in [5, 5.41) is 10.4. The molecular weight excluding hydrogens is 228 g/mol. The predicted molar refractivity (Wildman–Crippen MR) is 73.7 cm³/mol. The molecular formula is C12H23B2NO3. The highest BCUT2D eigenvalue weighted by atomic mass is 16.6. The van der Waals surface area contributed by atoms with Gasteiger partial charge in [0.15, 0.2) is 0 Å². The van der Waals surface area contributed by atoms with Crippen LogP contribution in [0.3, 0.4) is 0 Å². The minimum atomic E-state index is -2.02. The number of nitrogens with one attached hydrogen (secondary N) is 1. The van der Waals surface area contributed by atoms with E-state index in [1.54, 1.807) is 27.7 Å². The lowest BCUT2D eigenvalue weighted by Gasteiger charge is -2.43. The lowest BCUT2D eigenvalue weighted by molar-refractivity contribution is 0.0281. The van der Waals surface area contributed by atoms with Gasteiger partial charge in [-0.25, -0.2) is 4.79 Å². The molecule has 0 aliphatic heterocycles. The predicted octanol–water partition coefficient (Wildman–Crippen LogP) is 1.30. The number of ether oxygens (including phenoxy) is 1. The quantitative estimate of drug-likeness (QED) is 0.740. The van der Waals surface area contributed by atoms with Crippen molar-refractivity contribution in [3.63, 3.8) is 0 Å². The maximum atomic E-state index is 11.7. The molecule has 0 rings (SSSR count). The van der Waals surface area contributed by atoms with Gasteiger partial charge in [-0.05, 0) is 40.0 Å². The van der Waals surface area contributed by atoms with Gasteiger partial charge in [0, 0.05) is 5.40 Å². The second-order valence-corrected chi connectivity index (χ2v) is 6.38. The summed E-state index contributed by atoms with van der Waals surface area (Å²) in [5.74, 6) is 0.198. The molecule has 1 atom stereocenters. The molecule has 0 aliphatic carbocycles. The molecule has 0 aliphatic rings. The normalized spacial score (nSPS) is 16.2. The van der Waals surface area contributed by atoms with Crippen molar-refractivity contribution in [2.75, 3.05) is 0 Å². The number of alkyl carbamates (subject to hydrolysis) is 1. The van der Waals surface area contributed by atoms with E-state index in [2.05, 4.69) is 5.32 Å². The Balaban J connectivity index is 4.87. The van der Waals surface area contributed by atoms with Crippen LogP contribution in [0.25, 0.3) is 0 Å². The van der Waals surface area contributed by atoms with Crippen molar-refractivity contribution in [1.82, 2.24) is 5.32 Å². The van der Waals surface area contributed by atoms with E-state index >= 15 is 0 Å². The Hall–Kier alpha value is -0.640. The zero-order valence-corrected chi connectivity index (χ0v) is 12.2. The third-order valence-electron chi connectivity index (χ3n) is 2.48. The average molecular weight is 251 g/mol. The van der Waals surface area contributed by atoms with Gasteiger partial charge in [0.25, 0.3) is 0 Å². The Morgan fingerprint density at radius 3 is 2.00 bits per heavy atom. The summed E-state index contributed by atoms with van der Waals surface area (Å²) in [6, 6.07) is 0. The fourth-order valence-corrected chi connectivity index (χ4v) is 1.66. The number of rotatable bonds is 4. The van der Waals surface area contributed by atoms with E-state index in [0.717, 1.165) is 0 Å². The second-order valence-electron chi connectivity index (χ2n) is 6.38. The molecule has 0 bridgehead atoms. The highest BCUT2D eigenvalue weighted by Crippen LogP contribution is 2.25. The highest BCUT2D eigenvalue weighted by Gasteiger charge is 2.41. The molecule has 100 valence electrons. The zero-order chi connectivity index (χ0) is 14.8. The van der Waals surface area contributed by atoms with Crippen molar-refractivity contribution >= 4 is 21.8 Å². The summed E-state index contributed by atoms with van der Waals surface area (Å²) in [7, 11) is 11.1. The van der Waals surface area contributed by atoms with Crippen molar-refractivity contribution in [3.8, 4) is 0 Å². The minimum Gasteiger partial charge on any atom is -0.444 e. The highest BCUT2D eigenvalue weighted by molar-refractivity contribution is 6.40. The van der Waals surface area contributed by atoms with E-state index in [1.165, 1.54) is 0 Å². The average Bonchev–Trinajstić information content (AvgIpc) is 1.94. The van der Waals surface area contributed by atoms with Gasteiger partial charge < -0.3 is 15.2 Å². The number of aliphatic hydroxyl groups is 1. The summed E-state index contributed by atoms with van der Waals surface area (Å²) >= 11 is 0. The molecule has 0 aromatic carbocycles. The topological polar surface area (TPSA) is 58.6 Å². The number of amides is 1. The molecule has 0 fully saturated rings. The maximum absolute atomic E-state index is 11.7. The van der Waals surface area contributed by atoms with E-state index in [4.69, 9.17) is 20.4 Å². The molecule has 0 saturated carbocycles. The van der Waals surface area contributed by atoms with Gasteiger partial charge in [0.1, 0.15) is 21.3 Å². The number of hydrogen-bond donors (Lipinski definition) is 2. The monoisotopic (exact) mass is 251 g/mol. The third-order valence-corrected chi connectivity index (χ3v) is 2.48. The van der Waals surface area contributed by atoms with Gasteiger partial charge in [-0.2, -0.15) is 0 Å². The molecule has 0 spiro atoms. The lowest BCUT2D eigenvalue weighted by Crippen LogP contribution is -2.64. The van der Waals surface area contributed by atoms with Crippen LogP contribution in [0.1, 0.15) is 48.0 Å². The van der Waals surface area contributed by atoms with Gasteiger partial charge in [0.2, 0.25) is 0 Å². The van der Waals surface area contributed by atoms with E-state index < -0.39 is 22.6 Å². The number of carbonyl (C=O) groups excluding carboxylic acids is 1. The standard InChI is InChI=1S/C12H23B2NO3/c1-8(2)7-11(6,12(13,14)17)15-9(16)18-10(3,4)5/h8,17H,7H2,1-6H3,(H,15,16).